The molecule has 3 aromatic rings. The number of rotatable bonds is 4. The highest BCUT2D eigenvalue weighted by atomic mass is 19.2. The van der Waals surface area contributed by atoms with E-state index in [-0.39, 0.29) is 17.5 Å². The first-order chi connectivity index (χ1) is 13.1. The zero-order chi connectivity index (χ0) is 18.8. The Labute approximate surface area is 154 Å². The molecule has 1 N–H and O–H groups in total. The number of hydrogen-bond donors (Lipinski definition) is 1. The van der Waals surface area contributed by atoms with Gasteiger partial charge in [0, 0.05) is 36.5 Å². The number of benzene rings is 2. The number of nitrogens with zero attached hydrogens (tertiary/aromatic N) is 3. The SMILES string of the molecule is O=C(Nc1ccc(F)c(F)c1)C1CN(c2cc(-c3ccccc3)ncn2)C1. The Kier molecular flexibility index (Phi) is 4.50. The number of amides is 1. The quantitative estimate of drug-likeness (QED) is 0.768. The Bertz CT molecular complexity index is 975. The highest BCUT2D eigenvalue weighted by Gasteiger charge is 2.33. The number of carbonyl (C=O) groups excluding carboxylic acids is 1. The van der Waals surface area contributed by atoms with Gasteiger partial charge in [0.15, 0.2) is 11.6 Å². The van der Waals surface area contributed by atoms with Crippen molar-refractivity contribution in [3.8, 4) is 11.3 Å². The molecule has 7 heteroatoms. The van der Waals surface area contributed by atoms with Gasteiger partial charge in [0.1, 0.15) is 12.1 Å². The van der Waals surface area contributed by atoms with Crippen LogP contribution in [0, 0.1) is 17.6 Å². The van der Waals surface area contributed by atoms with Gasteiger partial charge < -0.3 is 10.2 Å². The van der Waals surface area contributed by atoms with E-state index in [0.717, 1.165) is 29.2 Å². The molecule has 136 valence electrons. The first kappa shape index (κ1) is 17.1. The van der Waals surface area contributed by atoms with Gasteiger partial charge in [-0.2, -0.15) is 0 Å². The zero-order valence-electron chi connectivity index (χ0n) is 14.3. The van der Waals surface area contributed by atoms with Crippen molar-refractivity contribution < 1.29 is 13.6 Å². The van der Waals surface area contributed by atoms with E-state index in [2.05, 4.69) is 15.3 Å². The highest BCUT2D eigenvalue weighted by molar-refractivity contribution is 5.94. The third-order valence-corrected chi connectivity index (χ3v) is 4.49. The fraction of sp³-hybridized carbons (Fsp3) is 0.150. The van der Waals surface area contributed by atoms with Gasteiger partial charge in [-0.3, -0.25) is 4.79 Å². The number of anilines is 2. The van der Waals surface area contributed by atoms with Crippen molar-refractivity contribution >= 4 is 17.4 Å². The molecule has 1 saturated heterocycles. The van der Waals surface area contributed by atoms with Crippen molar-refractivity contribution in [1.82, 2.24) is 9.97 Å². The molecular formula is C20H16F2N4O. The van der Waals surface area contributed by atoms with Crippen molar-refractivity contribution in [2.75, 3.05) is 23.3 Å². The largest absolute Gasteiger partial charge is 0.355 e. The summed E-state index contributed by atoms with van der Waals surface area (Å²) in [5.41, 5.74) is 2.05. The van der Waals surface area contributed by atoms with E-state index in [4.69, 9.17) is 0 Å². The summed E-state index contributed by atoms with van der Waals surface area (Å²) in [6.45, 7) is 1.00. The molecule has 5 nitrogen and oxygen atoms in total. The molecule has 0 atom stereocenters. The molecule has 27 heavy (non-hydrogen) atoms. The molecule has 1 aliphatic heterocycles. The minimum atomic E-state index is -0.988. The van der Waals surface area contributed by atoms with Crippen molar-refractivity contribution in [2.24, 2.45) is 5.92 Å². The van der Waals surface area contributed by atoms with Crippen LogP contribution in [0.4, 0.5) is 20.3 Å². The van der Waals surface area contributed by atoms with E-state index in [1.54, 1.807) is 0 Å². The van der Waals surface area contributed by atoms with Gasteiger partial charge in [-0.25, -0.2) is 18.7 Å². The lowest BCUT2D eigenvalue weighted by atomic mass is 9.99. The molecule has 1 aliphatic rings. The Hall–Kier alpha value is -3.35. The number of carbonyl (C=O) groups is 1. The average molecular weight is 366 g/mol. The predicted octanol–water partition coefficient (Wildman–Crippen LogP) is 3.50. The summed E-state index contributed by atoms with van der Waals surface area (Å²) in [5.74, 6) is -1.65. The van der Waals surface area contributed by atoms with E-state index >= 15 is 0 Å². The summed E-state index contributed by atoms with van der Waals surface area (Å²) in [5, 5.41) is 2.62. The molecule has 4 rings (SSSR count). The maximum Gasteiger partial charge on any atom is 0.231 e. The average Bonchev–Trinajstić information content (AvgIpc) is 2.64. The van der Waals surface area contributed by atoms with Gasteiger partial charge in [0.2, 0.25) is 5.91 Å². The first-order valence-corrected chi connectivity index (χ1v) is 8.48. The molecule has 1 aromatic heterocycles. The van der Waals surface area contributed by atoms with E-state index in [1.165, 1.54) is 12.4 Å². The molecule has 0 bridgehead atoms. The van der Waals surface area contributed by atoms with Crippen molar-refractivity contribution in [2.45, 2.75) is 0 Å². The van der Waals surface area contributed by atoms with Crippen molar-refractivity contribution in [3.05, 3.63) is 72.6 Å². The first-order valence-electron chi connectivity index (χ1n) is 8.48. The molecule has 2 heterocycles. The van der Waals surface area contributed by atoms with E-state index in [9.17, 15) is 13.6 Å². The monoisotopic (exact) mass is 366 g/mol. The molecular weight excluding hydrogens is 350 g/mol. The van der Waals surface area contributed by atoms with E-state index in [1.807, 2.05) is 41.3 Å². The van der Waals surface area contributed by atoms with E-state index in [0.29, 0.717) is 13.1 Å². The maximum absolute atomic E-state index is 13.2. The van der Waals surface area contributed by atoms with Gasteiger partial charge in [-0.1, -0.05) is 30.3 Å². The summed E-state index contributed by atoms with van der Waals surface area (Å²) >= 11 is 0. The van der Waals surface area contributed by atoms with Crippen LogP contribution in [-0.2, 0) is 4.79 Å². The van der Waals surface area contributed by atoms with E-state index < -0.39 is 11.6 Å². The van der Waals surface area contributed by atoms with Crippen LogP contribution in [0.25, 0.3) is 11.3 Å². The lowest BCUT2D eigenvalue weighted by Gasteiger charge is -2.39. The van der Waals surface area contributed by atoms with Crippen LogP contribution in [0.2, 0.25) is 0 Å². The molecule has 0 unspecified atom stereocenters. The lowest BCUT2D eigenvalue weighted by Crippen LogP contribution is -2.52. The van der Waals surface area contributed by atoms with Crippen LogP contribution in [-0.4, -0.2) is 29.0 Å². The topological polar surface area (TPSA) is 58.1 Å². The van der Waals surface area contributed by atoms with Crippen LogP contribution in [0.1, 0.15) is 0 Å². The summed E-state index contributed by atoms with van der Waals surface area (Å²) in [7, 11) is 0. The summed E-state index contributed by atoms with van der Waals surface area (Å²) in [6, 6.07) is 15.0. The smallest absolute Gasteiger partial charge is 0.231 e. The number of nitrogens with one attached hydrogen (secondary N) is 1. The molecule has 0 radical (unpaired) electrons. The number of halogens is 2. The highest BCUT2D eigenvalue weighted by Crippen LogP contribution is 2.27. The van der Waals surface area contributed by atoms with Gasteiger partial charge in [0.25, 0.3) is 0 Å². The molecule has 0 aliphatic carbocycles. The van der Waals surface area contributed by atoms with Crippen LogP contribution in [0.5, 0.6) is 0 Å². The Morgan fingerprint density at radius 1 is 1.00 bits per heavy atom. The second-order valence-corrected chi connectivity index (χ2v) is 6.35. The minimum Gasteiger partial charge on any atom is -0.355 e. The second kappa shape index (κ2) is 7.11. The molecule has 0 spiro atoms. The molecule has 2 aromatic carbocycles. The van der Waals surface area contributed by atoms with Gasteiger partial charge >= 0.3 is 0 Å². The maximum atomic E-state index is 13.2. The minimum absolute atomic E-state index is 0.227. The van der Waals surface area contributed by atoms with Crippen LogP contribution < -0.4 is 10.2 Å². The van der Waals surface area contributed by atoms with Gasteiger partial charge in [0.05, 0.1) is 11.6 Å². The summed E-state index contributed by atoms with van der Waals surface area (Å²) in [4.78, 5) is 22.8. The van der Waals surface area contributed by atoms with Crippen LogP contribution >= 0.6 is 0 Å². The zero-order valence-corrected chi connectivity index (χ0v) is 14.3. The standard InChI is InChI=1S/C20H16F2N4O/c21-16-7-6-15(8-17(16)22)25-20(27)14-10-26(11-14)19-9-18(23-12-24-19)13-4-2-1-3-5-13/h1-9,12,14H,10-11H2,(H,25,27). The summed E-state index contributed by atoms with van der Waals surface area (Å²) in [6.07, 6.45) is 1.51. The second-order valence-electron chi connectivity index (χ2n) is 6.35. The van der Waals surface area contributed by atoms with Gasteiger partial charge in [-0.15, -0.1) is 0 Å². The van der Waals surface area contributed by atoms with Crippen LogP contribution in [0.3, 0.4) is 0 Å². The van der Waals surface area contributed by atoms with Crippen LogP contribution in [0.15, 0.2) is 60.9 Å². The van der Waals surface area contributed by atoms with Crippen molar-refractivity contribution in [3.63, 3.8) is 0 Å². The molecule has 1 amide bonds. The fourth-order valence-corrected chi connectivity index (χ4v) is 2.94. The number of aromatic nitrogens is 2. The summed E-state index contributed by atoms with van der Waals surface area (Å²) < 4.78 is 26.2. The third kappa shape index (κ3) is 3.62. The Morgan fingerprint density at radius 2 is 1.78 bits per heavy atom. The normalized spacial score (nSPS) is 13.9. The number of hydrogen-bond acceptors (Lipinski definition) is 4. The Balaban J connectivity index is 1.39. The molecule has 0 saturated carbocycles. The fourth-order valence-electron chi connectivity index (χ4n) is 2.94. The van der Waals surface area contributed by atoms with Gasteiger partial charge in [-0.05, 0) is 12.1 Å². The lowest BCUT2D eigenvalue weighted by molar-refractivity contribution is -0.120. The Morgan fingerprint density at radius 3 is 2.52 bits per heavy atom. The third-order valence-electron chi connectivity index (χ3n) is 4.49. The predicted molar refractivity (Wildman–Crippen MR) is 98.2 cm³/mol. The van der Waals surface area contributed by atoms with Crippen molar-refractivity contribution in [1.29, 1.82) is 0 Å². The molecule has 1 fully saturated rings.